The molecule has 0 spiro atoms. The maximum Gasteiger partial charge on any atom is 0.232 e. The molecule has 204 valence electrons. The molecule has 0 atom stereocenters. The summed E-state index contributed by atoms with van der Waals surface area (Å²) >= 11 is 0. The van der Waals surface area contributed by atoms with E-state index < -0.39 is 0 Å². The lowest BCUT2D eigenvalue weighted by Crippen LogP contribution is -2.45. The smallest absolute Gasteiger partial charge is 0.232 e. The van der Waals surface area contributed by atoms with E-state index in [0.29, 0.717) is 30.7 Å². The summed E-state index contributed by atoms with van der Waals surface area (Å²) in [6.45, 7) is 1.76. The molecule has 2 aliphatic carbocycles. The molecule has 0 aliphatic heterocycles. The Kier molecular flexibility index (Phi) is 17.7. The molecule has 8 heteroatoms. The van der Waals surface area contributed by atoms with E-state index in [-0.39, 0.29) is 11.8 Å². The average molecular weight is 536 g/mol. The van der Waals surface area contributed by atoms with Gasteiger partial charge in [0.1, 0.15) is 7.85 Å². The zero-order valence-corrected chi connectivity index (χ0v) is 24.4. The average Bonchev–Trinajstić information content (AvgIpc) is 3.06. The minimum Gasteiger partial charge on any atom is -0.355 e. The third-order valence-electron chi connectivity index (χ3n) is 7.43. The van der Waals surface area contributed by atoms with Crippen molar-refractivity contribution in [2.45, 2.75) is 121 Å². The predicted octanol–water partition coefficient (Wildman–Crippen LogP) is 5.15. The molecule has 0 aromatic heterocycles. The van der Waals surface area contributed by atoms with Crippen LogP contribution in [0.1, 0.15) is 116 Å². The van der Waals surface area contributed by atoms with Gasteiger partial charge in [-0.05, 0) is 50.5 Å². The SMILES string of the molecule is BC1(NCCCCCC(=O)NCCSSCCC(=O)NC#CC2CCCCCCC2)CCCCCC1. The van der Waals surface area contributed by atoms with Crippen molar-refractivity contribution in [3.8, 4) is 12.0 Å². The standard InChI is InChI=1S/C28H50BN3O2S2/c29-28(18-10-4-5-11-19-28)32-20-12-6-9-15-26(33)31-22-24-36-35-23-17-27(34)30-21-16-25-13-7-2-1-3-8-14-25/h25,32H,1-15,17-20,22-24,29H2,(H,30,34)(H,31,33). The molecular formula is C28H50BN3O2S2. The monoisotopic (exact) mass is 535 g/mol. The molecule has 2 fully saturated rings. The summed E-state index contributed by atoms with van der Waals surface area (Å²) in [5, 5.41) is 9.55. The Morgan fingerprint density at radius 3 is 2.19 bits per heavy atom. The maximum absolute atomic E-state index is 12.0. The number of rotatable bonds is 14. The second-order valence-electron chi connectivity index (χ2n) is 10.8. The molecule has 0 unspecified atom stereocenters. The van der Waals surface area contributed by atoms with Crippen molar-refractivity contribution in [2.75, 3.05) is 24.6 Å². The van der Waals surface area contributed by atoms with Crippen molar-refractivity contribution >= 4 is 41.2 Å². The van der Waals surface area contributed by atoms with Crippen LogP contribution in [0.3, 0.4) is 0 Å². The van der Waals surface area contributed by atoms with Gasteiger partial charge < -0.3 is 10.6 Å². The van der Waals surface area contributed by atoms with E-state index in [1.807, 2.05) is 0 Å². The molecule has 0 radical (unpaired) electrons. The third-order valence-corrected chi connectivity index (χ3v) is 9.83. The second kappa shape index (κ2) is 20.2. The normalized spacial score (nSPS) is 18.7. The molecule has 0 aromatic rings. The van der Waals surface area contributed by atoms with E-state index in [1.54, 1.807) is 21.6 Å². The topological polar surface area (TPSA) is 70.2 Å². The van der Waals surface area contributed by atoms with E-state index in [1.165, 1.54) is 83.5 Å². The number of hydrogen-bond acceptors (Lipinski definition) is 5. The Bertz CT molecular complexity index is 667. The molecule has 2 saturated carbocycles. The molecule has 2 aliphatic rings. The quantitative estimate of drug-likeness (QED) is 0.0717. The van der Waals surface area contributed by atoms with Crippen LogP contribution >= 0.6 is 21.6 Å². The molecule has 2 amide bonds. The Morgan fingerprint density at radius 1 is 0.778 bits per heavy atom. The summed E-state index contributed by atoms with van der Waals surface area (Å²) in [6.07, 6.45) is 21.3. The highest BCUT2D eigenvalue weighted by molar-refractivity contribution is 8.76. The van der Waals surface area contributed by atoms with Gasteiger partial charge in [0, 0.05) is 42.9 Å². The molecule has 5 nitrogen and oxygen atoms in total. The van der Waals surface area contributed by atoms with Crippen LogP contribution in [0.15, 0.2) is 0 Å². The summed E-state index contributed by atoms with van der Waals surface area (Å²) in [4.78, 5) is 24.0. The van der Waals surface area contributed by atoms with E-state index >= 15 is 0 Å². The van der Waals surface area contributed by atoms with Gasteiger partial charge in [-0.1, -0.05) is 91.7 Å². The molecule has 3 N–H and O–H groups in total. The van der Waals surface area contributed by atoms with Gasteiger partial charge in [0.05, 0.1) is 0 Å². The highest BCUT2D eigenvalue weighted by Gasteiger charge is 2.24. The van der Waals surface area contributed by atoms with Crippen molar-refractivity contribution in [3.63, 3.8) is 0 Å². The summed E-state index contributed by atoms with van der Waals surface area (Å²) in [5.74, 6) is 5.50. The van der Waals surface area contributed by atoms with Crippen LogP contribution in [0.5, 0.6) is 0 Å². The Labute approximate surface area is 229 Å². The molecular weight excluding hydrogens is 485 g/mol. The number of amides is 2. The van der Waals surface area contributed by atoms with Gasteiger partial charge in [-0.3, -0.25) is 14.9 Å². The van der Waals surface area contributed by atoms with Crippen LogP contribution in [-0.4, -0.2) is 49.7 Å². The van der Waals surface area contributed by atoms with Crippen LogP contribution in [0.2, 0.25) is 0 Å². The fourth-order valence-electron chi connectivity index (χ4n) is 5.11. The van der Waals surface area contributed by atoms with Crippen LogP contribution in [0.4, 0.5) is 0 Å². The third kappa shape index (κ3) is 16.1. The van der Waals surface area contributed by atoms with Gasteiger partial charge >= 0.3 is 0 Å². The van der Waals surface area contributed by atoms with E-state index in [0.717, 1.165) is 37.3 Å². The molecule has 0 heterocycles. The number of unbranched alkanes of at least 4 members (excludes halogenated alkanes) is 2. The molecule has 0 bridgehead atoms. The summed E-state index contributed by atoms with van der Waals surface area (Å²) in [7, 11) is 5.78. The van der Waals surface area contributed by atoms with Crippen LogP contribution in [0.25, 0.3) is 0 Å². The molecule has 36 heavy (non-hydrogen) atoms. The summed E-state index contributed by atoms with van der Waals surface area (Å²) in [6, 6.07) is 2.91. The first-order valence-corrected chi connectivity index (χ1v) is 17.1. The number of carbonyl (C=O) groups is 2. The van der Waals surface area contributed by atoms with Crippen LogP contribution < -0.4 is 16.0 Å². The van der Waals surface area contributed by atoms with Crippen LogP contribution in [0, 0.1) is 17.9 Å². The minimum atomic E-state index is 0.00768. The first-order valence-electron chi connectivity index (χ1n) is 14.6. The Hall–Kier alpha value is -0.775. The maximum atomic E-state index is 12.0. The van der Waals surface area contributed by atoms with Gasteiger partial charge in [0.2, 0.25) is 11.8 Å². The summed E-state index contributed by atoms with van der Waals surface area (Å²) < 4.78 is 0. The Morgan fingerprint density at radius 2 is 1.44 bits per heavy atom. The van der Waals surface area contributed by atoms with Gasteiger partial charge in [-0.2, -0.15) is 0 Å². The largest absolute Gasteiger partial charge is 0.355 e. The molecule has 0 aromatic carbocycles. The number of nitrogens with one attached hydrogen (secondary N) is 3. The second-order valence-corrected chi connectivity index (χ2v) is 13.5. The first kappa shape index (κ1) is 31.4. The van der Waals surface area contributed by atoms with Crippen molar-refractivity contribution in [3.05, 3.63) is 0 Å². The van der Waals surface area contributed by atoms with Crippen molar-refractivity contribution in [1.82, 2.24) is 16.0 Å². The van der Waals surface area contributed by atoms with Crippen molar-refractivity contribution < 1.29 is 9.59 Å². The van der Waals surface area contributed by atoms with E-state index in [2.05, 4.69) is 35.8 Å². The summed E-state index contributed by atoms with van der Waals surface area (Å²) in [5.41, 5.74) is 0.328. The van der Waals surface area contributed by atoms with Gasteiger partial charge in [0.15, 0.2) is 0 Å². The fourth-order valence-corrected chi connectivity index (χ4v) is 7.00. The predicted molar refractivity (Wildman–Crippen MR) is 160 cm³/mol. The lowest BCUT2D eigenvalue weighted by Gasteiger charge is -2.30. The molecule has 2 rings (SSSR count). The lowest BCUT2D eigenvalue weighted by molar-refractivity contribution is -0.121. The minimum absolute atomic E-state index is 0.00768. The number of carbonyl (C=O) groups excluding carboxylic acids is 2. The van der Waals surface area contributed by atoms with E-state index in [9.17, 15) is 9.59 Å². The zero-order chi connectivity index (χ0) is 25.7. The highest BCUT2D eigenvalue weighted by atomic mass is 33.1. The van der Waals surface area contributed by atoms with Gasteiger partial charge in [0.25, 0.3) is 0 Å². The van der Waals surface area contributed by atoms with Crippen LogP contribution in [-0.2, 0) is 9.59 Å². The number of hydrogen-bond donors (Lipinski definition) is 3. The molecule has 0 saturated heterocycles. The highest BCUT2D eigenvalue weighted by Crippen LogP contribution is 2.24. The first-order chi connectivity index (χ1) is 17.6. The Balaban J connectivity index is 1.36. The van der Waals surface area contributed by atoms with Gasteiger partial charge in [-0.25, -0.2) is 0 Å². The fraction of sp³-hybridized carbons (Fsp3) is 0.857. The van der Waals surface area contributed by atoms with Crippen molar-refractivity contribution in [1.29, 1.82) is 0 Å². The van der Waals surface area contributed by atoms with Crippen molar-refractivity contribution in [2.24, 2.45) is 5.92 Å². The zero-order valence-electron chi connectivity index (χ0n) is 22.8. The van der Waals surface area contributed by atoms with Gasteiger partial charge in [-0.15, -0.1) is 0 Å². The van der Waals surface area contributed by atoms with E-state index in [4.69, 9.17) is 0 Å². The lowest BCUT2D eigenvalue weighted by atomic mass is 9.72.